The lowest BCUT2D eigenvalue weighted by Gasteiger charge is -2.23. The van der Waals surface area contributed by atoms with E-state index in [0.717, 1.165) is 5.56 Å². The summed E-state index contributed by atoms with van der Waals surface area (Å²) < 4.78 is 29.2. The van der Waals surface area contributed by atoms with Gasteiger partial charge in [-0.25, -0.2) is 4.39 Å². The number of nitrogens with one attached hydrogen (secondary N) is 1. The highest BCUT2D eigenvalue weighted by atomic mass is 32.2. The maximum atomic E-state index is 13.2. The van der Waals surface area contributed by atoms with Crippen molar-refractivity contribution in [1.29, 1.82) is 0 Å². The number of hydrogen-bond acceptors (Lipinski definition) is 3. The summed E-state index contributed by atoms with van der Waals surface area (Å²) in [5.74, 6) is -0.441. The smallest absolute Gasteiger partial charge is 0.258 e. The van der Waals surface area contributed by atoms with Gasteiger partial charge in [0.05, 0.1) is 0 Å². The molecule has 0 saturated carbocycles. The number of halogens is 1. The van der Waals surface area contributed by atoms with Gasteiger partial charge < -0.3 is 4.55 Å². The Morgan fingerprint density at radius 1 is 1.36 bits per heavy atom. The Balaban J connectivity index is 2.20. The van der Waals surface area contributed by atoms with Crippen LogP contribution in [0.15, 0.2) is 29.2 Å². The quantitative estimate of drug-likeness (QED) is 0.878. The van der Waals surface area contributed by atoms with Crippen LogP contribution in [0.3, 0.4) is 0 Å². The van der Waals surface area contributed by atoms with Gasteiger partial charge in [0.15, 0.2) is 0 Å². The van der Waals surface area contributed by atoms with E-state index in [1.54, 1.807) is 13.0 Å². The van der Waals surface area contributed by atoms with Crippen LogP contribution in [0.4, 0.5) is 4.39 Å². The monoisotopic (exact) mass is 324 g/mol. The van der Waals surface area contributed by atoms with Gasteiger partial charge in [-0.05, 0) is 57.9 Å². The largest absolute Gasteiger partial charge is 0.598 e. The molecular formula is C16H21FN2O2S. The fraction of sp³-hybridized carbons (Fsp3) is 0.438. The molecular weight excluding hydrogens is 303 g/mol. The molecule has 0 aliphatic heterocycles. The van der Waals surface area contributed by atoms with Gasteiger partial charge in [0, 0.05) is 35.2 Å². The van der Waals surface area contributed by atoms with Crippen LogP contribution in [-0.2, 0) is 17.8 Å². The molecule has 0 amide bonds. The summed E-state index contributed by atoms with van der Waals surface area (Å²) in [6.07, 6.45) is 1.79. The summed E-state index contributed by atoms with van der Waals surface area (Å²) in [4.78, 5) is 12.3. The van der Waals surface area contributed by atoms with Crippen LogP contribution in [-0.4, -0.2) is 20.2 Å². The van der Waals surface area contributed by atoms with E-state index >= 15 is 0 Å². The first-order valence-corrected chi connectivity index (χ1v) is 8.31. The van der Waals surface area contributed by atoms with Gasteiger partial charge in [-0.3, -0.25) is 9.20 Å². The molecule has 0 aliphatic carbocycles. The summed E-state index contributed by atoms with van der Waals surface area (Å²) >= 11 is -1.14. The predicted octanol–water partition coefficient (Wildman–Crippen LogP) is 2.34. The van der Waals surface area contributed by atoms with Gasteiger partial charge in [0.2, 0.25) is 0 Å². The first kappa shape index (κ1) is 17.0. The zero-order chi connectivity index (χ0) is 16.5. The number of hydrogen-bond donors (Lipinski definition) is 1. The Morgan fingerprint density at radius 3 is 2.68 bits per heavy atom. The SMILES string of the molecule is Cc1c(CCN[S@@+]([O-])C(C)(C)C)cc2ccc(F)cn2c1=O. The van der Waals surface area contributed by atoms with Crippen LogP contribution in [0.5, 0.6) is 0 Å². The van der Waals surface area contributed by atoms with Crippen LogP contribution >= 0.6 is 0 Å². The van der Waals surface area contributed by atoms with Crippen molar-refractivity contribution in [3.8, 4) is 0 Å². The number of pyridine rings is 2. The van der Waals surface area contributed by atoms with Crippen molar-refractivity contribution < 1.29 is 8.94 Å². The Bertz CT molecular complexity index is 737. The van der Waals surface area contributed by atoms with Crippen molar-refractivity contribution in [2.24, 2.45) is 0 Å². The van der Waals surface area contributed by atoms with E-state index in [1.165, 1.54) is 16.7 Å². The van der Waals surface area contributed by atoms with E-state index in [9.17, 15) is 13.7 Å². The molecule has 1 atom stereocenters. The highest BCUT2D eigenvalue weighted by Gasteiger charge is 2.25. The zero-order valence-electron chi connectivity index (χ0n) is 13.3. The highest BCUT2D eigenvalue weighted by Crippen LogP contribution is 2.14. The van der Waals surface area contributed by atoms with Gasteiger partial charge in [-0.15, -0.1) is 4.72 Å². The number of fused-ring (bicyclic) bond motifs is 1. The summed E-state index contributed by atoms with van der Waals surface area (Å²) in [7, 11) is 0. The van der Waals surface area contributed by atoms with E-state index in [1.807, 2.05) is 26.8 Å². The molecule has 120 valence electrons. The normalized spacial score (nSPS) is 13.5. The van der Waals surface area contributed by atoms with Crippen LogP contribution in [0, 0.1) is 12.7 Å². The molecule has 0 aromatic carbocycles. The standard InChI is InChI=1S/C16H21FN2O2S/c1-11-12(7-8-18-22(21)16(2,3)4)9-14-6-5-13(17)10-19(14)15(11)20/h5-6,9-10,18H,7-8H2,1-4H3/t22-/m0/s1. The van der Waals surface area contributed by atoms with Crippen molar-refractivity contribution in [3.05, 3.63) is 51.7 Å². The van der Waals surface area contributed by atoms with Gasteiger partial charge >= 0.3 is 0 Å². The average molecular weight is 324 g/mol. The molecule has 22 heavy (non-hydrogen) atoms. The predicted molar refractivity (Wildman–Crippen MR) is 88.0 cm³/mol. The van der Waals surface area contributed by atoms with Crippen molar-refractivity contribution in [1.82, 2.24) is 9.12 Å². The van der Waals surface area contributed by atoms with E-state index < -0.39 is 17.2 Å². The molecule has 0 aliphatic rings. The van der Waals surface area contributed by atoms with Crippen molar-refractivity contribution in [3.63, 3.8) is 0 Å². The fourth-order valence-corrected chi connectivity index (χ4v) is 2.86. The van der Waals surface area contributed by atoms with Crippen molar-refractivity contribution >= 4 is 16.9 Å². The van der Waals surface area contributed by atoms with Gasteiger partial charge in [0.1, 0.15) is 10.6 Å². The number of aromatic nitrogens is 1. The zero-order valence-corrected chi connectivity index (χ0v) is 14.1. The van der Waals surface area contributed by atoms with E-state index in [-0.39, 0.29) is 10.3 Å². The van der Waals surface area contributed by atoms with Crippen LogP contribution < -0.4 is 10.3 Å². The first-order chi connectivity index (χ1) is 10.2. The third-order valence-electron chi connectivity index (χ3n) is 3.47. The van der Waals surface area contributed by atoms with Gasteiger partial charge in [0.25, 0.3) is 5.56 Å². The molecule has 2 aromatic rings. The molecule has 0 spiro atoms. The molecule has 0 saturated heterocycles. The molecule has 0 radical (unpaired) electrons. The van der Waals surface area contributed by atoms with E-state index in [2.05, 4.69) is 4.72 Å². The molecule has 2 aromatic heterocycles. The average Bonchev–Trinajstić information content (AvgIpc) is 2.43. The van der Waals surface area contributed by atoms with Gasteiger partial charge in [-0.2, -0.15) is 0 Å². The molecule has 6 heteroatoms. The maximum absolute atomic E-state index is 13.2. The third-order valence-corrected chi connectivity index (χ3v) is 5.05. The van der Waals surface area contributed by atoms with Crippen molar-refractivity contribution in [2.45, 2.75) is 38.9 Å². The Morgan fingerprint density at radius 2 is 2.05 bits per heavy atom. The molecule has 4 nitrogen and oxygen atoms in total. The Kier molecular flexibility index (Phi) is 4.94. The van der Waals surface area contributed by atoms with E-state index in [0.29, 0.717) is 24.0 Å². The molecule has 0 bridgehead atoms. The number of nitrogens with zero attached hydrogens (tertiary/aromatic N) is 1. The fourth-order valence-electron chi connectivity index (χ4n) is 2.14. The summed E-state index contributed by atoms with van der Waals surface area (Å²) in [6, 6.07) is 4.79. The van der Waals surface area contributed by atoms with Crippen LogP contribution in [0.2, 0.25) is 0 Å². The van der Waals surface area contributed by atoms with Gasteiger partial charge in [-0.1, -0.05) is 0 Å². The lowest BCUT2D eigenvalue weighted by atomic mass is 10.1. The second-order valence-electron chi connectivity index (χ2n) is 6.27. The molecule has 2 rings (SSSR count). The van der Waals surface area contributed by atoms with E-state index in [4.69, 9.17) is 0 Å². The summed E-state index contributed by atoms with van der Waals surface area (Å²) in [6.45, 7) is 7.95. The van der Waals surface area contributed by atoms with Crippen LogP contribution in [0.1, 0.15) is 31.9 Å². The number of rotatable bonds is 4. The molecule has 1 N–H and O–H groups in total. The minimum atomic E-state index is -1.14. The third kappa shape index (κ3) is 3.69. The Hall–Kier alpha value is -1.37. The topological polar surface area (TPSA) is 56.6 Å². The molecule has 0 unspecified atom stereocenters. The Labute approximate surface area is 132 Å². The second kappa shape index (κ2) is 6.40. The molecule has 2 heterocycles. The first-order valence-electron chi connectivity index (χ1n) is 7.16. The maximum Gasteiger partial charge on any atom is 0.258 e. The lowest BCUT2D eigenvalue weighted by molar-refractivity contribution is 0.544. The van der Waals surface area contributed by atoms with Crippen LogP contribution in [0.25, 0.3) is 5.52 Å². The molecule has 0 fully saturated rings. The second-order valence-corrected chi connectivity index (χ2v) is 8.32. The summed E-state index contributed by atoms with van der Waals surface area (Å²) in [5.41, 5.74) is 1.91. The van der Waals surface area contributed by atoms with Crippen molar-refractivity contribution in [2.75, 3.05) is 6.54 Å². The minimum absolute atomic E-state index is 0.219. The summed E-state index contributed by atoms with van der Waals surface area (Å²) in [5, 5.41) is 0. The lowest BCUT2D eigenvalue weighted by Crippen LogP contribution is -2.40. The highest BCUT2D eigenvalue weighted by molar-refractivity contribution is 7.90. The minimum Gasteiger partial charge on any atom is -0.598 e.